The van der Waals surface area contributed by atoms with Crippen LogP contribution in [-0.4, -0.2) is 45.9 Å². The summed E-state index contributed by atoms with van der Waals surface area (Å²) in [5.74, 6) is 0.0249. The average molecular weight is 280 g/mol. The number of carbonyl (C=O) groups excluding carboxylic acids is 1. The zero-order valence-electron chi connectivity index (χ0n) is 12.8. The van der Waals surface area contributed by atoms with Gasteiger partial charge in [0, 0.05) is 12.7 Å². The second-order valence-corrected chi connectivity index (χ2v) is 4.85. The van der Waals surface area contributed by atoms with Crippen molar-refractivity contribution in [2.45, 2.75) is 20.8 Å². The number of ether oxygens (including phenoxy) is 3. The minimum atomic E-state index is 0.0249. The molecule has 0 bridgehead atoms. The van der Waals surface area contributed by atoms with Crippen molar-refractivity contribution in [1.29, 1.82) is 0 Å². The van der Waals surface area contributed by atoms with Crippen LogP contribution in [0.5, 0.6) is 0 Å². The Kier molecular flexibility index (Phi) is 7.44. The van der Waals surface area contributed by atoms with Crippen molar-refractivity contribution in [3.8, 4) is 0 Å². The Labute approximate surface area is 121 Å². The first kappa shape index (κ1) is 16.8. The highest BCUT2D eigenvalue weighted by atomic mass is 16.5. The second-order valence-electron chi connectivity index (χ2n) is 4.85. The first-order chi connectivity index (χ1) is 9.56. The van der Waals surface area contributed by atoms with Crippen molar-refractivity contribution in [2.24, 2.45) is 0 Å². The lowest BCUT2D eigenvalue weighted by Crippen LogP contribution is -2.15. The zero-order valence-corrected chi connectivity index (χ0v) is 12.8. The second kappa shape index (κ2) is 8.84. The highest BCUT2D eigenvalue weighted by molar-refractivity contribution is 5.99. The Morgan fingerprint density at radius 2 is 1.50 bits per heavy atom. The smallest absolute Gasteiger partial charge is 0.188 e. The zero-order chi connectivity index (χ0) is 15.0. The van der Waals surface area contributed by atoms with Crippen LogP contribution in [0.3, 0.4) is 0 Å². The molecular formula is C16H24O4. The van der Waals surface area contributed by atoms with E-state index in [1.165, 1.54) is 5.56 Å². The minimum Gasteiger partial charge on any atom is -0.382 e. The topological polar surface area (TPSA) is 44.8 Å². The summed E-state index contributed by atoms with van der Waals surface area (Å²) in [4.78, 5) is 12.1. The van der Waals surface area contributed by atoms with E-state index in [0.29, 0.717) is 26.4 Å². The molecule has 1 aromatic carbocycles. The van der Waals surface area contributed by atoms with E-state index in [9.17, 15) is 4.79 Å². The third-order valence-electron chi connectivity index (χ3n) is 2.99. The van der Waals surface area contributed by atoms with Crippen LogP contribution in [0.15, 0.2) is 12.1 Å². The van der Waals surface area contributed by atoms with Crippen LogP contribution in [0.4, 0.5) is 0 Å². The molecule has 0 radical (unpaired) electrons. The molecule has 0 N–H and O–H groups in total. The van der Waals surface area contributed by atoms with Gasteiger partial charge in [-0.1, -0.05) is 17.7 Å². The van der Waals surface area contributed by atoms with Crippen molar-refractivity contribution >= 4 is 5.78 Å². The summed E-state index contributed by atoms with van der Waals surface area (Å²) in [7, 11) is 1.63. The lowest BCUT2D eigenvalue weighted by atomic mass is 9.97. The summed E-state index contributed by atoms with van der Waals surface area (Å²) in [6.07, 6.45) is 0. The normalized spacial score (nSPS) is 10.8. The number of ketones is 1. The van der Waals surface area contributed by atoms with Crippen LogP contribution < -0.4 is 0 Å². The van der Waals surface area contributed by atoms with Gasteiger partial charge in [0.1, 0.15) is 6.61 Å². The van der Waals surface area contributed by atoms with Gasteiger partial charge >= 0.3 is 0 Å². The lowest BCUT2D eigenvalue weighted by Gasteiger charge is -2.11. The number of Topliss-reactive ketones (excluding diaryl/α,β-unsaturated/α-hetero) is 1. The molecule has 0 amide bonds. The molecule has 4 heteroatoms. The van der Waals surface area contributed by atoms with Gasteiger partial charge in [-0.05, 0) is 31.9 Å². The minimum absolute atomic E-state index is 0.0249. The number of hydrogen-bond donors (Lipinski definition) is 0. The number of methoxy groups -OCH3 is 1. The average Bonchev–Trinajstić information content (AvgIpc) is 2.36. The van der Waals surface area contributed by atoms with Gasteiger partial charge in [0.15, 0.2) is 5.78 Å². The summed E-state index contributed by atoms with van der Waals surface area (Å²) >= 11 is 0. The third kappa shape index (κ3) is 5.41. The number of hydrogen-bond acceptors (Lipinski definition) is 4. The Hall–Kier alpha value is -1.23. The maximum absolute atomic E-state index is 12.1. The first-order valence-corrected chi connectivity index (χ1v) is 6.81. The maximum atomic E-state index is 12.1. The largest absolute Gasteiger partial charge is 0.382 e. The number of benzene rings is 1. The molecule has 0 fully saturated rings. The van der Waals surface area contributed by atoms with Gasteiger partial charge in [-0.15, -0.1) is 0 Å². The molecule has 1 aromatic rings. The summed E-state index contributed by atoms with van der Waals surface area (Å²) < 4.78 is 15.5. The SMILES string of the molecule is COCCOCCOCC(=O)c1c(C)cc(C)cc1C. The third-order valence-corrected chi connectivity index (χ3v) is 2.99. The molecular weight excluding hydrogens is 256 g/mol. The van der Waals surface area contributed by atoms with Crippen molar-refractivity contribution in [3.05, 3.63) is 34.4 Å². The van der Waals surface area contributed by atoms with Gasteiger partial charge < -0.3 is 14.2 Å². The molecule has 0 aliphatic carbocycles. The molecule has 1 rings (SSSR count). The van der Waals surface area contributed by atoms with E-state index in [1.807, 2.05) is 32.9 Å². The maximum Gasteiger partial charge on any atom is 0.188 e. The van der Waals surface area contributed by atoms with E-state index in [2.05, 4.69) is 0 Å². The van der Waals surface area contributed by atoms with E-state index in [1.54, 1.807) is 7.11 Å². The summed E-state index contributed by atoms with van der Waals surface area (Å²) in [5, 5.41) is 0. The molecule has 4 nitrogen and oxygen atoms in total. The molecule has 0 atom stereocenters. The first-order valence-electron chi connectivity index (χ1n) is 6.81. The van der Waals surface area contributed by atoms with Gasteiger partial charge in [0.2, 0.25) is 0 Å². The fourth-order valence-electron chi connectivity index (χ4n) is 2.22. The van der Waals surface area contributed by atoms with E-state index >= 15 is 0 Å². The van der Waals surface area contributed by atoms with Crippen molar-refractivity contribution < 1.29 is 19.0 Å². The Balaban J connectivity index is 2.37. The van der Waals surface area contributed by atoms with Crippen LogP contribution >= 0.6 is 0 Å². The molecule has 0 saturated heterocycles. The predicted molar refractivity (Wildman–Crippen MR) is 78.5 cm³/mol. The number of carbonyl (C=O) groups is 1. The van der Waals surface area contributed by atoms with Crippen molar-refractivity contribution in [2.75, 3.05) is 40.1 Å². The molecule has 0 spiro atoms. The van der Waals surface area contributed by atoms with Gasteiger partial charge in [-0.2, -0.15) is 0 Å². The van der Waals surface area contributed by atoms with Crippen molar-refractivity contribution in [3.63, 3.8) is 0 Å². The quantitative estimate of drug-likeness (QED) is 0.515. The van der Waals surface area contributed by atoms with Crippen LogP contribution in [0, 0.1) is 20.8 Å². The van der Waals surface area contributed by atoms with E-state index in [-0.39, 0.29) is 12.4 Å². The number of aryl methyl sites for hydroxylation is 3. The molecule has 0 heterocycles. The lowest BCUT2D eigenvalue weighted by molar-refractivity contribution is 0.0253. The number of rotatable bonds is 9. The molecule has 0 saturated carbocycles. The monoisotopic (exact) mass is 280 g/mol. The van der Waals surface area contributed by atoms with Crippen molar-refractivity contribution in [1.82, 2.24) is 0 Å². The molecule has 0 aliphatic heterocycles. The van der Waals surface area contributed by atoms with E-state index < -0.39 is 0 Å². The van der Waals surface area contributed by atoms with Gasteiger partial charge in [-0.3, -0.25) is 4.79 Å². The summed E-state index contributed by atoms with van der Waals surface area (Å²) in [5.41, 5.74) is 3.96. The van der Waals surface area contributed by atoms with Crippen LogP contribution in [0.1, 0.15) is 27.0 Å². The van der Waals surface area contributed by atoms with E-state index in [4.69, 9.17) is 14.2 Å². The van der Waals surface area contributed by atoms with Gasteiger partial charge in [0.25, 0.3) is 0 Å². The summed E-state index contributed by atoms with van der Waals surface area (Å²) in [6.45, 7) is 8.05. The molecule has 112 valence electrons. The standard InChI is InChI=1S/C16H24O4/c1-12-9-13(2)16(14(3)10-12)15(17)11-20-8-7-19-6-5-18-4/h9-10H,5-8,11H2,1-4H3. The Morgan fingerprint density at radius 3 is 2.10 bits per heavy atom. The van der Waals surface area contributed by atoms with Gasteiger partial charge in [-0.25, -0.2) is 0 Å². The van der Waals surface area contributed by atoms with Crippen LogP contribution in [0.2, 0.25) is 0 Å². The molecule has 0 aromatic heterocycles. The van der Waals surface area contributed by atoms with E-state index in [0.717, 1.165) is 16.7 Å². The molecule has 0 unspecified atom stereocenters. The predicted octanol–water partition coefficient (Wildman–Crippen LogP) is 2.47. The molecule has 0 aliphatic rings. The van der Waals surface area contributed by atoms with Crippen LogP contribution in [0.25, 0.3) is 0 Å². The fourth-order valence-corrected chi connectivity index (χ4v) is 2.22. The molecule has 20 heavy (non-hydrogen) atoms. The highest BCUT2D eigenvalue weighted by Crippen LogP contribution is 2.17. The Bertz CT molecular complexity index is 417. The van der Waals surface area contributed by atoms with Crippen LogP contribution in [-0.2, 0) is 14.2 Å². The highest BCUT2D eigenvalue weighted by Gasteiger charge is 2.12. The van der Waals surface area contributed by atoms with Gasteiger partial charge in [0.05, 0.1) is 26.4 Å². The Morgan fingerprint density at radius 1 is 0.950 bits per heavy atom. The summed E-state index contributed by atoms with van der Waals surface area (Å²) in [6, 6.07) is 4.04. The fraction of sp³-hybridized carbons (Fsp3) is 0.562.